The van der Waals surface area contributed by atoms with Gasteiger partial charge in [-0.05, 0) is 13.8 Å². The monoisotopic (exact) mass is 322 g/mol. The Kier molecular flexibility index (Phi) is 3.73. The van der Waals surface area contributed by atoms with Crippen LogP contribution >= 0.6 is 22.7 Å². The number of hydrogen-bond donors (Lipinski definition) is 2. The highest BCUT2D eigenvalue weighted by Gasteiger charge is 2.28. The Bertz CT molecular complexity index is 707. The number of thiazole rings is 2. The van der Waals surface area contributed by atoms with Crippen LogP contribution in [0.15, 0.2) is 5.38 Å². The van der Waals surface area contributed by atoms with Crippen LogP contribution in [0, 0.1) is 19.8 Å². The fraction of sp³-hybridized carbons (Fsp3) is 0.385. The van der Waals surface area contributed by atoms with Crippen molar-refractivity contribution < 1.29 is 9.59 Å². The number of hydrogen-bond acceptors (Lipinski definition) is 6. The van der Waals surface area contributed by atoms with E-state index in [-0.39, 0.29) is 24.2 Å². The first-order valence-corrected chi connectivity index (χ1v) is 8.20. The molecule has 21 heavy (non-hydrogen) atoms. The van der Waals surface area contributed by atoms with Gasteiger partial charge in [0.2, 0.25) is 11.8 Å². The number of nitrogens with one attached hydrogen (secondary N) is 2. The van der Waals surface area contributed by atoms with Crippen molar-refractivity contribution in [1.29, 1.82) is 0 Å². The van der Waals surface area contributed by atoms with Gasteiger partial charge in [-0.1, -0.05) is 0 Å². The number of amides is 2. The van der Waals surface area contributed by atoms with E-state index >= 15 is 0 Å². The lowest BCUT2D eigenvalue weighted by Gasteiger charge is -2.05. The summed E-state index contributed by atoms with van der Waals surface area (Å²) in [6.45, 7) is 4.31. The maximum atomic E-state index is 12.0. The quantitative estimate of drug-likeness (QED) is 0.905. The number of carbonyl (C=O) groups excluding carboxylic acids is 2. The van der Waals surface area contributed by atoms with Crippen molar-refractivity contribution in [2.75, 3.05) is 11.9 Å². The normalized spacial score (nSPS) is 17.8. The fourth-order valence-corrected chi connectivity index (χ4v) is 3.86. The first kappa shape index (κ1) is 14.2. The summed E-state index contributed by atoms with van der Waals surface area (Å²) in [6, 6.07) is 0. The Hall–Kier alpha value is -1.80. The number of rotatable bonds is 3. The molecule has 1 saturated heterocycles. The molecule has 1 fully saturated rings. The molecule has 0 spiro atoms. The van der Waals surface area contributed by atoms with Gasteiger partial charge in [-0.3, -0.25) is 9.59 Å². The van der Waals surface area contributed by atoms with Crippen LogP contribution < -0.4 is 10.6 Å². The molecule has 110 valence electrons. The van der Waals surface area contributed by atoms with E-state index in [2.05, 4.69) is 20.6 Å². The summed E-state index contributed by atoms with van der Waals surface area (Å²) >= 11 is 2.97. The Labute approximate surface area is 129 Å². The number of carbonyl (C=O) groups is 2. The second-order valence-electron chi connectivity index (χ2n) is 4.88. The summed E-state index contributed by atoms with van der Waals surface area (Å²) in [6.07, 6.45) is 0.247. The molecular weight excluding hydrogens is 308 g/mol. The molecule has 2 N–H and O–H groups in total. The Morgan fingerprint density at radius 1 is 1.43 bits per heavy atom. The molecule has 8 heteroatoms. The molecule has 0 aromatic carbocycles. The molecule has 2 aromatic rings. The molecular formula is C13H14N4O2S2. The summed E-state index contributed by atoms with van der Waals surface area (Å²) in [5.41, 5.74) is 1.78. The molecule has 2 amide bonds. The minimum Gasteiger partial charge on any atom is -0.355 e. The average molecular weight is 322 g/mol. The molecule has 3 heterocycles. The van der Waals surface area contributed by atoms with Gasteiger partial charge in [0.15, 0.2) is 5.13 Å². The molecule has 1 atom stereocenters. The van der Waals surface area contributed by atoms with Gasteiger partial charge in [-0.25, -0.2) is 9.97 Å². The largest absolute Gasteiger partial charge is 0.355 e. The van der Waals surface area contributed by atoms with E-state index < -0.39 is 0 Å². The predicted molar refractivity (Wildman–Crippen MR) is 82.4 cm³/mol. The van der Waals surface area contributed by atoms with Gasteiger partial charge in [0.1, 0.15) is 0 Å². The van der Waals surface area contributed by atoms with Gasteiger partial charge >= 0.3 is 0 Å². The second kappa shape index (κ2) is 5.53. The lowest BCUT2D eigenvalue weighted by molar-refractivity contribution is -0.123. The van der Waals surface area contributed by atoms with Crippen LogP contribution in [0.3, 0.4) is 0 Å². The van der Waals surface area contributed by atoms with Gasteiger partial charge < -0.3 is 10.6 Å². The highest BCUT2D eigenvalue weighted by atomic mass is 32.1. The lowest BCUT2D eigenvalue weighted by Crippen LogP contribution is -2.24. The fourth-order valence-electron chi connectivity index (χ4n) is 2.20. The van der Waals surface area contributed by atoms with E-state index in [1.165, 1.54) is 11.3 Å². The van der Waals surface area contributed by atoms with E-state index in [1.54, 1.807) is 11.3 Å². The first-order valence-electron chi connectivity index (χ1n) is 6.50. The Balaban J connectivity index is 1.72. The third kappa shape index (κ3) is 2.96. The van der Waals surface area contributed by atoms with Gasteiger partial charge in [0.25, 0.3) is 0 Å². The molecule has 1 unspecified atom stereocenters. The lowest BCUT2D eigenvalue weighted by atomic mass is 10.1. The molecule has 2 aromatic heterocycles. The molecule has 0 saturated carbocycles. The molecule has 0 bridgehead atoms. The molecule has 1 aliphatic rings. The van der Waals surface area contributed by atoms with Gasteiger partial charge in [0, 0.05) is 18.3 Å². The summed E-state index contributed by atoms with van der Waals surface area (Å²) in [5.74, 6) is -0.547. The van der Waals surface area contributed by atoms with Crippen molar-refractivity contribution in [3.63, 3.8) is 0 Å². The van der Waals surface area contributed by atoms with Gasteiger partial charge in [-0.2, -0.15) is 0 Å². The van der Waals surface area contributed by atoms with Crippen LogP contribution in [0.25, 0.3) is 10.6 Å². The Morgan fingerprint density at radius 3 is 2.86 bits per heavy atom. The smallest absolute Gasteiger partial charge is 0.231 e. The Morgan fingerprint density at radius 2 is 2.24 bits per heavy atom. The highest BCUT2D eigenvalue weighted by Crippen LogP contribution is 2.32. The van der Waals surface area contributed by atoms with Crippen LogP contribution in [-0.2, 0) is 9.59 Å². The number of nitrogens with zero attached hydrogens (tertiary/aromatic N) is 2. The molecule has 0 radical (unpaired) electrons. The van der Waals surface area contributed by atoms with Crippen molar-refractivity contribution >= 4 is 39.6 Å². The molecule has 0 aliphatic carbocycles. The third-order valence-corrected chi connectivity index (χ3v) is 5.07. The van der Waals surface area contributed by atoms with Gasteiger partial charge in [-0.15, -0.1) is 22.7 Å². The van der Waals surface area contributed by atoms with E-state index in [0.29, 0.717) is 11.7 Å². The van der Waals surface area contributed by atoms with Crippen molar-refractivity contribution in [3.8, 4) is 10.6 Å². The van der Waals surface area contributed by atoms with E-state index in [9.17, 15) is 9.59 Å². The van der Waals surface area contributed by atoms with Crippen LogP contribution in [0.2, 0.25) is 0 Å². The zero-order chi connectivity index (χ0) is 15.0. The zero-order valence-corrected chi connectivity index (χ0v) is 13.2. The van der Waals surface area contributed by atoms with Crippen molar-refractivity contribution in [2.24, 2.45) is 5.92 Å². The maximum absolute atomic E-state index is 12.0. The topological polar surface area (TPSA) is 84.0 Å². The standard InChI is InChI=1S/C13H14N4O2S2/c1-6-11(21-7(2)15-6)9-5-20-13(16-9)17-12(19)8-3-10(18)14-4-8/h5,8H,3-4H2,1-2H3,(H,14,18)(H,16,17,19). The molecule has 3 rings (SSSR count). The van der Waals surface area contributed by atoms with E-state index in [0.717, 1.165) is 21.3 Å². The van der Waals surface area contributed by atoms with Crippen LogP contribution in [0.1, 0.15) is 17.1 Å². The van der Waals surface area contributed by atoms with Gasteiger partial charge in [0.05, 0.1) is 27.2 Å². The molecule has 6 nitrogen and oxygen atoms in total. The zero-order valence-electron chi connectivity index (χ0n) is 11.6. The minimum absolute atomic E-state index is 0.0780. The van der Waals surface area contributed by atoms with Crippen molar-refractivity contribution in [2.45, 2.75) is 20.3 Å². The number of anilines is 1. The summed E-state index contributed by atoms with van der Waals surface area (Å²) < 4.78 is 0. The first-order chi connectivity index (χ1) is 10.0. The van der Waals surface area contributed by atoms with Crippen LogP contribution in [0.5, 0.6) is 0 Å². The number of aryl methyl sites for hydroxylation is 2. The SMILES string of the molecule is Cc1nc(C)c(-c2csc(NC(=O)C3CNC(=O)C3)n2)s1. The van der Waals surface area contributed by atoms with Crippen LogP contribution in [0.4, 0.5) is 5.13 Å². The summed E-state index contributed by atoms with van der Waals surface area (Å²) in [7, 11) is 0. The third-order valence-electron chi connectivity index (χ3n) is 3.22. The van der Waals surface area contributed by atoms with Crippen molar-refractivity contribution in [3.05, 3.63) is 16.1 Å². The van der Waals surface area contributed by atoms with E-state index in [4.69, 9.17) is 0 Å². The second-order valence-corrected chi connectivity index (χ2v) is 6.94. The molecule has 1 aliphatic heterocycles. The predicted octanol–water partition coefficient (Wildman–Crippen LogP) is 1.96. The average Bonchev–Trinajstić information content (AvgIpc) is 3.10. The van der Waals surface area contributed by atoms with Crippen LogP contribution in [-0.4, -0.2) is 28.3 Å². The number of aromatic nitrogens is 2. The summed E-state index contributed by atoms with van der Waals surface area (Å²) in [4.78, 5) is 33.0. The van der Waals surface area contributed by atoms with E-state index in [1.807, 2.05) is 19.2 Å². The maximum Gasteiger partial charge on any atom is 0.231 e. The minimum atomic E-state index is -0.308. The highest BCUT2D eigenvalue weighted by molar-refractivity contribution is 7.16. The van der Waals surface area contributed by atoms with Crippen molar-refractivity contribution in [1.82, 2.24) is 15.3 Å². The summed E-state index contributed by atoms with van der Waals surface area (Å²) in [5, 5.41) is 8.90.